The van der Waals surface area contributed by atoms with Crippen molar-refractivity contribution < 1.29 is 19.1 Å². The molecule has 2 aromatic rings. The fourth-order valence-corrected chi connectivity index (χ4v) is 6.81. The molecule has 6 rings (SSSR count). The number of amides is 4. The van der Waals surface area contributed by atoms with Gasteiger partial charge >= 0.3 is 6.03 Å². The van der Waals surface area contributed by atoms with Crippen LogP contribution in [0, 0.1) is 5.41 Å². The number of nitrogens with one attached hydrogen (secondary N) is 3. The maximum absolute atomic E-state index is 13.3. The topological polar surface area (TPSA) is 118 Å². The van der Waals surface area contributed by atoms with Gasteiger partial charge in [-0.25, -0.2) is 4.79 Å². The molecule has 0 radical (unpaired) electrons. The minimum atomic E-state index is -1.43. The number of carbonyl (C=O) groups excluding carboxylic acids is 3. The molecule has 3 heterocycles. The highest BCUT2D eigenvalue weighted by atomic mass is 16.5. The van der Waals surface area contributed by atoms with Gasteiger partial charge in [-0.1, -0.05) is 56.0 Å². The average molecular weight is 559 g/mol. The average Bonchev–Trinajstić information content (AvgIpc) is 3.30. The van der Waals surface area contributed by atoms with E-state index in [1.807, 2.05) is 18.2 Å². The Kier molecular flexibility index (Phi) is 7.42. The summed E-state index contributed by atoms with van der Waals surface area (Å²) in [6.07, 6.45) is 7.91. The van der Waals surface area contributed by atoms with Crippen molar-refractivity contribution in [3.05, 3.63) is 64.7 Å². The van der Waals surface area contributed by atoms with Gasteiger partial charge in [0.1, 0.15) is 11.6 Å². The fourth-order valence-electron chi connectivity index (χ4n) is 6.81. The molecule has 1 atom stereocenters. The zero-order chi connectivity index (χ0) is 28.6. The first kappa shape index (κ1) is 27.3. The molecule has 2 saturated heterocycles. The van der Waals surface area contributed by atoms with Crippen molar-refractivity contribution in [2.24, 2.45) is 0 Å². The lowest BCUT2D eigenvalue weighted by Crippen LogP contribution is -2.53. The maximum atomic E-state index is 13.3. The Bertz CT molecular complexity index is 1340. The summed E-state index contributed by atoms with van der Waals surface area (Å²) in [6, 6.07) is 12.7. The Balaban J connectivity index is 1.16. The lowest BCUT2D eigenvalue weighted by molar-refractivity contribution is -0.124. The molecule has 3 aliphatic heterocycles. The second-order valence-electron chi connectivity index (χ2n) is 11.6. The van der Waals surface area contributed by atoms with E-state index in [2.05, 4.69) is 20.4 Å². The van der Waals surface area contributed by atoms with Crippen LogP contribution in [0.4, 0.5) is 4.79 Å². The van der Waals surface area contributed by atoms with Gasteiger partial charge in [0.15, 0.2) is 5.54 Å². The number of imide groups is 1. The standard InChI is InChI=1S/C31H38N6O4/c1-41-25-13-10-22-19-37(28(38)26(22)18-25)20-31(29(39)33-30(40)34-31)23-11-8-21(9-12-23)27(32)36-16-14-35(15-17-36)24-6-4-2-3-5-7-24/h8-13,18,24,32H,2-7,14-17,19-20H2,1H3,(H2,33,34,39,40)/t31-/m0/s1. The molecule has 4 amide bonds. The van der Waals surface area contributed by atoms with Gasteiger partial charge in [0.05, 0.1) is 13.7 Å². The molecule has 0 spiro atoms. The monoisotopic (exact) mass is 558 g/mol. The van der Waals surface area contributed by atoms with Gasteiger partial charge in [-0.15, -0.1) is 0 Å². The number of nitrogens with zero attached hydrogens (tertiary/aromatic N) is 3. The van der Waals surface area contributed by atoms with Gasteiger partial charge < -0.3 is 19.9 Å². The van der Waals surface area contributed by atoms with Crippen LogP contribution in [-0.4, -0.2) is 84.3 Å². The Hall–Kier alpha value is -3.92. The number of hydrogen-bond acceptors (Lipinski definition) is 6. The summed E-state index contributed by atoms with van der Waals surface area (Å²) in [7, 11) is 1.55. The third-order valence-electron chi connectivity index (χ3n) is 9.19. The molecular weight excluding hydrogens is 520 g/mol. The SMILES string of the molecule is COc1ccc2c(c1)C(=O)N(C[C@@]1(c3ccc(C(=N)N4CCN(C5CCCCCC5)CC4)cc3)NC(=O)NC1=O)C2. The predicted octanol–water partition coefficient (Wildman–Crippen LogP) is 3.05. The number of methoxy groups -OCH3 is 1. The van der Waals surface area contributed by atoms with E-state index in [9.17, 15) is 14.4 Å². The van der Waals surface area contributed by atoms with Crippen molar-refractivity contribution in [3.63, 3.8) is 0 Å². The smallest absolute Gasteiger partial charge is 0.322 e. The molecule has 10 heteroatoms. The summed E-state index contributed by atoms with van der Waals surface area (Å²) < 4.78 is 5.27. The molecule has 10 nitrogen and oxygen atoms in total. The van der Waals surface area contributed by atoms with Crippen LogP contribution in [0.5, 0.6) is 5.75 Å². The van der Waals surface area contributed by atoms with E-state index in [0.29, 0.717) is 35.3 Å². The lowest BCUT2D eigenvalue weighted by Gasteiger charge is -2.40. The van der Waals surface area contributed by atoms with Gasteiger partial charge in [0.25, 0.3) is 11.8 Å². The van der Waals surface area contributed by atoms with Crippen LogP contribution >= 0.6 is 0 Å². The number of fused-ring (bicyclic) bond motifs is 1. The van der Waals surface area contributed by atoms with Crippen molar-refractivity contribution in [1.82, 2.24) is 25.3 Å². The molecule has 3 N–H and O–H groups in total. The van der Waals surface area contributed by atoms with Gasteiger partial charge in [-0.3, -0.25) is 25.2 Å². The minimum Gasteiger partial charge on any atom is -0.497 e. The number of rotatable bonds is 6. The number of hydrogen-bond donors (Lipinski definition) is 3. The van der Waals surface area contributed by atoms with Crippen molar-refractivity contribution in [3.8, 4) is 5.75 Å². The van der Waals surface area contributed by atoms with Gasteiger partial charge in [0, 0.05) is 49.9 Å². The molecule has 4 aliphatic rings. The molecule has 0 unspecified atom stereocenters. The number of carbonyl (C=O) groups is 3. The van der Waals surface area contributed by atoms with Crippen LogP contribution in [0.1, 0.15) is 65.6 Å². The second-order valence-corrected chi connectivity index (χ2v) is 11.6. The summed E-state index contributed by atoms with van der Waals surface area (Å²) in [5.74, 6) is 0.338. The van der Waals surface area contributed by atoms with Crippen LogP contribution in [0.2, 0.25) is 0 Å². The van der Waals surface area contributed by atoms with Crippen molar-refractivity contribution >= 4 is 23.7 Å². The quantitative estimate of drug-likeness (QED) is 0.217. The van der Waals surface area contributed by atoms with Gasteiger partial charge in [-0.2, -0.15) is 0 Å². The van der Waals surface area contributed by atoms with Gasteiger partial charge in [-0.05, 0) is 36.1 Å². The Morgan fingerprint density at radius 3 is 2.32 bits per heavy atom. The molecule has 0 bridgehead atoms. The normalized spacial score (nSPS) is 23.7. The molecule has 1 aliphatic carbocycles. The Morgan fingerprint density at radius 1 is 0.976 bits per heavy atom. The van der Waals surface area contributed by atoms with Crippen molar-refractivity contribution in [2.45, 2.75) is 56.7 Å². The maximum Gasteiger partial charge on any atom is 0.322 e. The summed E-state index contributed by atoms with van der Waals surface area (Å²) in [4.78, 5) is 45.1. The van der Waals surface area contributed by atoms with E-state index in [1.54, 1.807) is 36.3 Å². The number of piperazine rings is 1. The summed E-state index contributed by atoms with van der Waals surface area (Å²) in [5.41, 5.74) is 1.28. The number of urea groups is 1. The Morgan fingerprint density at radius 2 is 1.68 bits per heavy atom. The second kappa shape index (κ2) is 11.2. The predicted molar refractivity (Wildman–Crippen MR) is 154 cm³/mol. The van der Waals surface area contributed by atoms with E-state index in [1.165, 1.54) is 38.5 Å². The lowest BCUT2D eigenvalue weighted by atomic mass is 9.88. The molecule has 0 aromatic heterocycles. The number of amidine groups is 1. The summed E-state index contributed by atoms with van der Waals surface area (Å²) in [5, 5.41) is 14.0. The van der Waals surface area contributed by atoms with Crippen molar-refractivity contribution in [1.29, 1.82) is 5.41 Å². The molecule has 3 fully saturated rings. The van der Waals surface area contributed by atoms with E-state index < -0.39 is 17.5 Å². The zero-order valence-corrected chi connectivity index (χ0v) is 23.6. The molecule has 2 aromatic carbocycles. The van der Waals surface area contributed by atoms with Crippen LogP contribution in [0.25, 0.3) is 0 Å². The Labute approximate surface area is 240 Å². The highest BCUT2D eigenvalue weighted by Crippen LogP contribution is 2.33. The first-order valence-corrected chi connectivity index (χ1v) is 14.7. The molecule has 216 valence electrons. The third kappa shape index (κ3) is 5.16. The highest BCUT2D eigenvalue weighted by Gasteiger charge is 2.50. The molecular formula is C31H38N6O4. The van der Waals surface area contributed by atoms with Crippen LogP contribution in [-0.2, 0) is 16.9 Å². The van der Waals surface area contributed by atoms with E-state index in [4.69, 9.17) is 10.1 Å². The first-order valence-electron chi connectivity index (χ1n) is 14.7. The number of benzene rings is 2. The van der Waals surface area contributed by atoms with Gasteiger partial charge in [0.2, 0.25) is 0 Å². The van der Waals surface area contributed by atoms with Crippen LogP contribution < -0.4 is 15.4 Å². The summed E-state index contributed by atoms with van der Waals surface area (Å²) >= 11 is 0. The summed E-state index contributed by atoms with van der Waals surface area (Å²) in [6.45, 7) is 3.90. The minimum absolute atomic E-state index is 0.0136. The van der Waals surface area contributed by atoms with E-state index >= 15 is 0 Å². The first-order chi connectivity index (χ1) is 19.9. The van der Waals surface area contributed by atoms with Crippen molar-refractivity contribution in [2.75, 3.05) is 39.8 Å². The number of ether oxygens (including phenoxy) is 1. The third-order valence-corrected chi connectivity index (χ3v) is 9.19. The molecule has 1 saturated carbocycles. The molecule has 41 heavy (non-hydrogen) atoms. The van der Waals surface area contributed by atoms with Crippen LogP contribution in [0.3, 0.4) is 0 Å². The van der Waals surface area contributed by atoms with E-state index in [-0.39, 0.29) is 12.5 Å². The fraction of sp³-hybridized carbons (Fsp3) is 0.484. The largest absolute Gasteiger partial charge is 0.497 e. The zero-order valence-electron chi connectivity index (χ0n) is 23.6. The van der Waals surface area contributed by atoms with Crippen LogP contribution in [0.15, 0.2) is 42.5 Å². The van der Waals surface area contributed by atoms with E-state index in [0.717, 1.165) is 37.3 Å². The highest BCUT2D eigenvalue weighted by molar-refractivity contribution is 6.08.